The number of hydrogen-bond acceptors (Lipinski definition) is 3. The molecule has 1 saturated heterocycles. The largest absolute Gasteiger partial charge is 0.416 e. The van der Waals surface area contributed by atoms with Gasteiger partial charge in [0.2, 0.25) is 0 Å². The molecule has 0 saturated carbocycles. The monoisotopic (exact) mass is 509 g/mol. The van der Waals surface area contributed by atoms with E-state index < -0.39 is 41.2 Å². The molecule has 2 N–H and O–H groups in total. The summed E-state index contributed by atoms with van der Waals surface area (Å²) in [5.74, 6) is 0. The normalized spacial score (nSPS) is 23.0. The lowest BCUT2D eigenvalue weighted by Crippen LogP contribution is -2.57. The number of hydrogen-bond donors (Lipinski definition) is 2. The summed E-state index contributed by atoms with van der Waals surface area (Å²) in [7, 11) is 0. The highest BCUT2D eigenvalue weighted by atomic mass is 19.4. The maximum absolute atomic E-state index is 13.2. The number of alkyl halides is 6. The van der Waals surface area contributed by atoms with E-state index in [1.54, 1.807) is 0 Å². The predicted octanol–water partition coefficient (Wildman–Crippen LogP) is 6.41. The molecule has 1 heterocycles. The quantitative estimate of drug-likeness (QED) is 0.378. The maximum Gasteiger partial charge on any atom is 0.416 e. The minimum absolute atomic E-state index is 0.0144. The lowest BCUT2D eigenvalue weighted by Gasteiger charge is -2.45. The minimum atomic E-state index is -4.92. The summed E-state index contributed by atoms with van der Waals surface area (Å²) in [4.78, 5) is 0. The topological polar surface area (TPSA) is 41.5 Å². The molecule has 1 aliphatic rings. The van der Waals surface area contributed by atoms with Crippen LogP contribution in [0.25, 0.3) is 0 Å². The van der Waals surface area contributed by atoms with Crippen LogP contribution in [0.5, 0.6) is 0 Å². The molecule has 3 aromatic rings. The SMILES string of the molecule is O[C@]1(c2ccccc2)CC[C@@](COCc2cc(C(F)(F)F)cc(C(F)(F)F)c2)(c2ccccc2)NC1. The van der Waals surface area contributed by atoms with Crippen molar-refractivity contribution in [3.8, 4) is 0 Å². The Morgan fingerprint density at radius 2 is 1.28 bits per heavy atom. The van der Waals surface area contributed by atoms with Crippen molar-refractivity contribution >= 4 is 0 Å². The van der Waals surface area contributed by atoms with Crippen molar-refractivity contribution in [1.82, 2.24) is 5.32 Å². The summed E-state index contributed by atoms with van der Waals surface area (Å²) in [5.41, 5.74) is -3.28. The summed E-state index contributed by atoms with van der Waals surface area (Å²) in [6.07, 6.45) is -9.04. The third-order valence-corrected chi connectivity index (χ3v) is 6.59. The van der Waals surface area contributed by atoms with E-state index >= 15 is 0 Å². The molecule has 0 spiro atoms. The van der Waals surface area contributed by atoms with Gasteiger partial charge in [-0.05, 0) is 47.7 Å². The zero-order valence-electron chi connectivity index (χ0n) is 19.2. The standard InChI is InChI=1S/C27H25F6NO2/c28-26(29,30)22-13-19(14-23(15-22)27(31,32)33)16-36-18-24(20-7-3-1-4-8-20)11-12-25(35,17-34-24)21-9-5-2-6-10-21/h1-10,13-15,34-35H,11-12,16-18H2/t24-,25-/m1/s1. The Balaban J connectivity index is 1.55. The highest BCUT2D eigenvalue weighted by molar-refractivity contribution is 5.34. The van der Waals surface area contributed by atoms with Crippen molar-refractivity contribution in [2.24, 2.45) is 0 Å². The molecule has 192 valence electrons. The zero-order chi connectivity index (χ0) is 26.0. The zero-order valence-corrected chi connectivity index (χ0v) is 19.2. The van der Waals surface area contributed by atoms with E-state index in [0.29, 0.717) is 25.0 Å². The van der Waals surface area contributed by atoms with Gasteiger partial charge in [0.25, 0.3) is 0 Å². The van der Waals surface area contributed by atoms with Crippen molar-refractivity contribution in [1.29, 1.82) is 0 Å². The number of benzene rings is 3. The number of aliphatic hydroxyl groups is 1. The number of nitrogens with one attached hydrogen (secondary N) is 1. The van der Waals surface area contributed by atoms with Crippen LogP contribution in [0.1, 0.15) is 40.7 Å². The van der Waals surface area contributed by atoms with Crippen LogP contribution in [0.2, 0.25) is 0 Å². The average molecular weight is 509 g/mol. The molecule has 9 heteroatoms. The van der Waals surface area contributed by atoms with E-state index in [-0.39, 0.29) is 24.8 Å². The van der Waals surface area contributed by atoms with Crippen LogP contribution in [0.15, 0.2) is 78.9 Å². The Morgan fingerprint density at radius 1 is 0.750 bits per heavy atom. The van der Waals surface area contributed by atoms with E-state index in [9.17, 15) is 31.4 Å². The molecule has 3 aromatic carbocycles. The van der Waals surface area contributed by atoms with Gasteiger partial charge in [-0.1, -0.05) is 60.7 Å². The van der Waals surface area contributed by atoms with Gasteiger partial charge in [0, 0.05) is 6.54 Å². The molecule has 1 fully saturated rings. The molecular weight excluding hydrogens is 484 g/mol. The van der Waals surface area contributed by atoms with Gasteiger partial charge < -0.3 is 15.2 Å². The van der Waals surface area contributed by atoms with E-state index in [0.717, 1.165) is 11.1 Å². The van der Waals surface area contributed by atoms with Gasteiger partial charge in [0.05, 0.1) is 29.9 Å². The first-order chi connectivity index (χ1) is 16.9. The van der Waals surface area contributed by atoms with E-state index in [4.69, 9.17) is 4.74 Å². The summed E-state index contributed by atoms with van der Waals surface area (Å²) < 4.78 is 85.0. The molecule has 36 heavy (non-hydrogen) atoms. The summed E-state index contributed by atoms with van der Waals surface area (Å²) >= 11 is 0. The number of rotatable bonds is 6. The van der Waals surface area contributed by atoms with Gasteiger partial charge in [-0.25, -0.2) is 0 Å². The van der Waals surface area contributed by atoms with Gasteiger partial charge >= 0.3 is 12.4 Å². The number of piperidine rings is 1. The van der Waals surface area contributed by atoms with Crippen LogP contribution in [0, 0.1) is 0 Å². The highest BCUT2D eigenvalue weighted by Crippen LogP contribution is 2.40. The Labute approximate surface area is 204 Å². The van der Waals surface area contributed by atoms with Crippen molar-refractivity contribution in [2.75, 3.05) is 13.2 Å². The summed E-state index contributed by atoms with van der Waals surface area (Å²) in [5, 5.41) is 14.6. The van der Waals surface area contributed by atoms with Gasteiger partial charge in [0.15, 0.2) is 0 Å². The van der Waals surface area contributed by atoms with E-state index in [2.05, 4.69) is 5.32 Å². The van der Waals surface area contributed by atoms with Crippen LogP contribution in [-0.4, -0.2) is 18.3 Å². The van der Waals surface area contributed by atoms with Gasteiger partial charge in [0.1, 0.15) is 5.60 Å². The molecule has 0 unspecified atom stereocenters. The first-order valence-electron chi connectivity index (χ1n) is 11.4. The van der Waals surface area contributed by atoms with E-state index in [1.807, 2.05) is 60.7 Å². The fraction of sp³-hybridized carbons (Fsp3) is 0.333. The molecule has 0 aromatic heterocycles. The minimum Gasteiger partial charge on any atom is -0.384 e. The van der Waals surface area contributed by atoms with Crippen LogP contribution in [-0.2, 0) is 34.8 Å². The fourth-order valence-corrected chi connectivity index (χ4v) is 4.56. The van der Waals surface area contributed by atoms with E-state index in [1.165, 1.54) is 0 Å². The second-order valence-corrected chi connectivity index (χ2v) is 9.11. The lowest BCUT2D eigenvalue weighted by atomic mass is 9.75. The maximum atomic E-state index is 13.2. The Morgan fingerprint density at radius 3 is 1.75 bits per heavy atom. The molecule has 2 atom stereocenters. The third kappa shape index (κ3) is 5.74. The first-order valence-corrected chi connectivity index (χ1v) is 11.4. The Kier molecular flexibility index (Phi) is 7.19. The summed E-state index contributed by atoms with van der Waals surface area (Å²) in [6.45, 7) is -0.261. The molecular formula is C27H25F6NO2. The Hall–Kier alpha value is -2.88. The van der Waals surface area contributed by atoms with Crippen LogP contribution in [0.4, 0.5) is 26.3 Å². The van der Waals surface area contributed by atoms with Crippen LogP contribution < -0.4 is 5.32 Å². The van der Waals surface area contributed by atoms with Crippen LogP contribution >= 0.6 is 0 Å². The molecule has 3 nitrogen and oxygen atoms in total. The number of β-amino-alcohol motifs (C(OH)–C–C–N with tert-alkyl or cyclic N) is 1. The van der Waals surface area contributed by atoms with Crippen molar-refractivity contribution in [3.63, 3.8) is 0 Å². The summed E-state index contributed by atoms with van der Waals surface area (Å²) in [6, 6.07) is 19.9. The van der Waals surface area contributed by atoms with Gasteiger partial charge in [-0.15, -0.1) is 0 Å². The highest BCUT2D eigenvalue weighted by Gasteiger charge is 2.43. The molecule has 0 radical (unpaired) electrons. The molecule has 4 rings (SSSR count). The second kappa shape index (κ2) is 9.88. The fourth-order valence-electron chi connectivity index (χ4n) is 4.56. The molecule has 0 amide bonds. The molecule has 0 bridgehead atoms. The average Bonchev–Trinajstić information content (AvgIpc) is 2.85. The first kappa shape index (κ1) is 26.2. The number of ether oxygens (including phenoxy) is 1. The number of halogens is 6. The second-order valence-electron chi connectivity index (χ2n) is 9.11. The third-order valence-electron chi connectivity index (χ3n) is 6.59. The smallest absolute Gasteiger partial charge is 0.384 e. The van der Waals surface area contributed by atoms with Crippen LogP contribution in [0.3, 0.4) is 0 Å². The van der Waals surface area contributed by atoms with Gasteiger partial charge in [-0.3, -0.25) is 0 Å². The predicted molar refractivity (Wildman–Crippen MR) is 122 cm³/mol. The Bertz CT molecular complexity index is 1120. The van der Waals surface area contributed by atoms with Crippen molar-refractivity contribution in [3.05, 3.63) is 107 Å². The molecule has 0 aliphatic carbocycles. The molecule has 1 aliphatic heterocycles. The van der Waals surface area contributed by atoms with Gasteiger partial charge in [-0.2, -0.15) is 26.3 Å². The lowest BCUT2D eigenvalue weighted by molar-refractivity contribution is -0.143. The van der Waals surface area contributed by atoms with Crippen molar-refractivity contribution in [2.45, 2.75) is 42.9 Å². The van der Waals surface area contributed by atoms with Crippen molar-refractivity contribution < 1.29 is 36.2 Å².